The van der Waals surface area contributed by atoms with Crippen LogP contribution in [0.15, 0.2) is 0 Å². The smallest absolute Gasteiger partial charge is 0.186 e. The molecule has 1 aliphatic heterocycles. The van der Waals surface area contributed by atoms with Gasteiger partial charge in [0.15, 0.2) is 10.9 Å². The summed E-state index contributed by atoms with van der Waals surface area (Å²) in [6, 6.07) is 0. The number of carbonyl (C=O) groups excluding carboxylic acids is 1. The van der Waals surface area contributed by atoms with Crippen molar-refractivity contribution in [2.45, 2.75) is 13.8 Å². The molecule has 1 aromatic rings. The molecule has 112 valence electrons. The molecule has 1 saturated heterocycles. The van der Waals surface area contributed by atoms with Gasteiger partial charge < -0.3 is 9.80 Å². The zero-order chi connectivity index (χ0) is 14.7. The van der Waals surface area contributed by atoms with Crippen LogP contribution in [0.3, 0.4) is 0 Å². The molecule has 1 aromatic heterocycles. The van der Waals surface area contributed by atoms with E-state index in [1.165, 1.54) is 11.3 Å². The van der Waals surface area contributed by atoms with Gasteiger partial charge in [-0.25, -0.2) is 4.98 Å². The van der Waals surface area contributed by atoms with Crippen LogP contribution in [-0.4, -0.2) is 73.9 Å². The zero-order valence-corrected chi connectivity index (χ0v) is 13.7. The molecule has 0 atom stereocenters. The van der Waals surface area contributed by atoms with Crippen LogP contribution in [0.2, 0.25) is 0 Å². The molecule has 1 fully saturated rings. The van der Waals surface area contributed by atoms with E-state index in [9.17, 15) is 4.79 Å². The normalized spacial score (nSPS) is 16.9. The number of aromatic nitrogens is 1. The number of Topliss-reactive ketones (excluding diaryl/α,β-unsaturated/α-hetero) is 1. The van der Waals surface area contributed by atoms with Crippen LogP contribution in [0.4, 0.5) is 5.13 Å². The lowest BCUT2D eigenvalue weighted by Gasteiger charge is -2.35. The van der Waals surface area contributed by atoms with Crippen LogP contribution >= 0.6 is 11.3 Å². The number of anilines is 1. The molecule has 2 rings (SSSR count). The first-order valence-electron chi connectivity index (χ1n) is 7.07. The van der Waals surface area contributed by atoms with E-state index in [0.717, 1.165) is 55.0 Å². The number of hydrogen-bond donors (Lipinski definition) is 0. The number of rotatable bonds is 5. The predicted octanol–water partition coefficient (Wildman–Crippen LogP) is 1.34. The largest absolute Gasteiger partial charge is 0.346 e. The van der Waals surface area contributed by atoms with Crippen molar-refractivity contribution in [2.75, 3.05) is 58.3 Å². The molecule has 0 unspecified atom stereocenters. The summed E-state index contributed by atoms with van der Waals surface area (Å²) in [5.74, 6) is 0.121. The highest BCUT2D eigenvalue weighted by molar-refractivity contribution is 7.17. The molecule has 6 heteroatoms. The van der Waals surface area contributed by atoms with Crippen LogP contribution in [0.1, 0.15) is 22.3 Å². The van der Waals surface area contributed by atoms with E-state index >= 15 is 0 Å². The molecular weight excluding hydrogens is 272 g/mol. The third-order valence-corrected chi connectivity index (χ3v) is 4.93. The van der Waals surface area contributed by atoms with Crippen LogP contribution in [0.5, 0.6) is 0 Å². The molecule has 0 radical (unpaired) electrons. The Kier molecular flexibility index (Phi) is 5.12. The molecular formula is C14H24N4OS. The van der Waals surface area contributed by atoms with E-state index in [1.54, 1.807) is 6.92 Å². The van der Waals surface area contributed by atoms with Crippen LogP contribution in [0, 0.1) is 6.92 Å². The SMILES string of the molecule is CC(=O)c1sc(N2CCN(CCN(C)C)CC2)nc1C. The first kappa shape index (κ1) is 15.4. The maximum atomic E-state index is 11.5. The molecule has 2 heterocycles. The molecule has 0 amide bonds. The van der Waals surface area contributed by atoms with Crippen molar-refractivity contribution in [2.24, 2.45) is 0 Å². The van der Waals surface area contributed by atoms with Gasteiger partial charge >= 0.3 is 0 Å². The Labute approximate surface area is 125 Å². The van der Waals surface area contributed by atoms with Gasteiger partial charge in [0.05, 0.1) is 10.6 Å². The Morgan fingerprint density at radius 3 is 2.45 bits per heavy atom. The van der Waals surface area contributed by atoms with E-state index in [0.29, 0.717) is 0 Å². The summed E-state index contributed by atoms with van der Waals surface area (Å²) in [5.41, 5.74) is 0.868. The minimum Gasteiger partial charge on any atom is -0.346 e. The lowest BCUT2D eigenvalue weighted by molar-refractivity contribution is 0.102. The topological polar surface area (TPSA) is 39.7 Å². The molecule has 5 nitrogen and oxygen atoms in total. The van der Waals surface area contributed by atoms with E-state index in [2.05, 4.69) is 33.8 Å². The monoisotopic (exact) mass is 296 g/mol. The van der Waals surface area contributed by atoms with E-state index in [4.69, 9.17) is 0 Å². The average molecular weight is 296 g/mol. The summed E-state index contributed by atoms with van der Waals surface area (Å²) >= 11 is 1.53. The Balaban J connectivity index is 1.90. The second kappa shape index (κ2) is 6.65. The summed E-state index contributed by atoms with van der Waals surface area (Å²) < 4.78 is 0. The fourth-order valence-corrected chi connectivity index (χ4v) is 3.36. The quantitative estimate of drug-likeness (QED) is 0.767. The minimum absolute atomic E-state index is 0.121. The fourth-order valence-electron chi connectivity index (χ4n) is 2.35. The molecule has 0 bridgehead atoms. The first-order chi connectivity index (χ1) is 9.47. The highest BCUT2D eigenvalue weighted by Gasteiger charge is 2.21. The Hall–Kier alpha value is -0.980. The highest BCUT2D eigenvalue weighted by atomic mass is 32.1. The van der Waals surface area contributed by atoms with Crippen LogP contribution in [0.25, 0.3) is 0 Å². The molecule has 20 heavy (non-hydrogen) atoms. The van der Waals surface area contributed by atoms with Gasteiger partial charge in [0, 0.05) is 46.2 Å². The second-order valence-electron chi connectivity index (χ2n) is 5.60. The van der Waals surface area contributed by atoms with Gasteiger partial charge in [0.1, 0.15) is 0 Å². The number of hydrogen-bond acceptors (Lipinski definition) is 6. The van der Waals surface area contributed by atoms with Gasteiger partial charge in [0.25, 0.3) is 0 Å². The number of likely N-dealkylation sites (N-methyl/N-ethyl adjacent to an activating group) is 1. The maximum Gasteiger partial charge on any atom is 0.186 e. The first-order valence-corrected chi connectivity index (χ1v) is 7.89. The Morgan fingerprint density at radius 1 is 1.30 bits per heavy atom. The van der Waals surface area contributed by atoms with Crippen molar-refractivity contribution in [3.63, 3.8) is 0 Å². The minimum atomic E-state index is 0.121. The van der Waals surface area contributed by atoms with Crippen molar-refractivity contribution in [1.29, 1.82) is 0 Å². The molecule has 0 saturated carbocycles. The third-order valence-electron chi connectivity index (χ3n) is 3.61. The van der Waals surface area contributed by atoms with Gasteiger partial charge in [0.2, 0.25) is 0 Å². The average Bonchev–Trinajstić information content (AvgIpc) is 2.79. The Bertz CT molecular complexity index is 464. The summed E-state index contributed by atoms with van der Waals surface area (Å²) in [5, 5.41) is 1.000. The third kappa shape index (κ3) is 3.77. The summed E-state index contributed by atoms with van der Waals surface area (Å²) in [6.45, 7) is 9.90. The van der Waals surface area contributed by atoms with E-state index in [1.807, 2.05) is 6.92 Å². The van der Waals surface area contributed by atoms with Crippen molar-refractivity contribution in [3.8, 4) is 0 Å². The van der Waals surface area contributed by atoms with Crippen molar-refractivity contribution < 1.29 is 4.79 Å². The molecule has 0 N–H and O–H groups in total. The number of carbonyl (C=O) groups is 1. The van der Waals surface area contributed by atoms with Gasteiger partial charge in [-0.05, 0) is 21.0 Å². The number of ketones is 1. The van der Waals surface area contributed by atoms with Gasteiger partial charge in [-0.1, -0.05) is 11.3 Å². The predicted molar refractivity (Wildman–Crippen MR) is 84.1 cm³/mol. The van der Waals surface area contributed by atoms with Crippen molar-refractivity contribution in [1.82, 2.24) is 14.8 Å². The standard InChI is InChI=1S/C14H24N4OS/c1-11-13(12(2)19)20-14(15-11)18-9-7-17(8-10-18)6-5-16(3)4/h5-10H2,1-4H3. The lowest BCUT2D eigenvalue weighted by Crippen LogP contribution is -2.48. The van der Waals surface area contributed by atoms with Gasteiger partial charge in [-0.2, -0.15) is 0 Å². The fraction of sp³-hybridized carbons (Fsp3) is 0.714. The summed E-state index contributed by atoms with van der Waals surface area (Å²) in [4.78, 5) is 23.9. The zero-order valence-electron chi connectivity index (χ0n) is 12.8. The van der Waals surface area contributed by atoms with Gasteiger partial charge in [-0.3, -0.25) is 9.69 Å². The van der Waals surface area contributed by atoms with Crippen LogP contribution in [-0.2, 0) is 0 Å². The number of thiazole rings is 1. The number of piperazine rings is 1. The Morgan fingerprint density at radius 2 is 1.95 bits per heavy atom. The van der Waals surface area contributed by atoms with Crippen molar-refractivity contribution >= 4 is 22.3 Å². The maximum absolute atomic E-state index is 11.5. The number of nitrogens with zero attached hydrogens (tertiary/aromatic N) is 4. The van der Waals surface area contributed by atoms with Gasteiger partial charge in [-0.15, -0.1) is 0 Å². The number of aryl methyl sites for hydroxylation is 1. The van der Waals surface area contributed by atoms with E-state index in [-0.39, 0.29) is 5.78 Å². The van der Waals surface area contributed by atoms with Crippen LogP contribution < -0.4 is 4.90 Å². The van der Waals surface area contributed by atoms with Crippen molar-refractivity contribution in [3.05, 3.63) is 10.6 Å². The molecule has 0 spiro atoms. The van der Waals surface area contributed by atoms with E-state index < -0.39 is 0 Å². The highest BCUT2D eigenvalue weighted by Crippen LogP contribution is 2.27. The molecule has 0 aliphatic carbocycles. The summed E-state index contributed by atoms with van der Waals surface area (Å²) in [7, 11) is 4.22. The second-order valence-corrected chi connectivity index (χ2v) is 6.58. The summed E-state index contributed by atoms with van der Waals surface area (Å²) in [6.07, 6.45) is 0. The lowest BCUT2D eigenvalue weighted by atomic mass is 10.3. The molecule has 0 aromatic carbocycles. The molecule has 1 aliphatic rings.